The molecule has 1 fully saturated rings. The zero-order valence-electron chi connectivity index (χ0n) is 25.3. The molecule has 0 aromatic heterocycles. The highest BCUT2D eigenvalue weighted by molar-refractivity contribution is 5.93. The van der Waals surface area contributed by atoms with Gasteiger partial charge in [0.2, 0.25) is 17.7 Å². The van der Waals surface area contributed by atoms with Crippen LogP contribution >= 0.6 is 0 Å². The van der Waals surface area contributed by atoms with Gasteiger partial charge in [-0.05, 0) is 54.9 Å². The lowest BCUT2D eigenvalue weighted by Gasteiger charge is -2.28. The van der Waals surface area contributed by atoms with Crippen LogP contribution in [-0.2, 0) is 41.7 Å². The number of esters is 1. The van der Waals surface area contributed by atoms with Crippen molar-refractivity contribution in [1.82, 2.24) is 21.3 Å². The minimum Gasteiger partial charge on any atom is -0.508 e. The van der Waals surface area contributed by atoms with Crippen molar-refractivity contribution in [2.24, 2.45) is 11.8 Å². The van der Waals surface area contributed by atoms with Crippen molar-refractivity contribution >= 4 is 29.8 Å². The van der Waals surface area contributed by atoms with Gasteiger partial charge in [0, 0.05) is 18.9 Å². The standard InChI is InChI=1S/C32H42N4O8/c1-20(2)16-25(29(39)35-27(31(41)43-3)18-23-10-7-15-33-28(23)38)34-30(40)26(17-21-11-13-24(37)14-12-21)36-32(42)44-19-22-8-5-4-6-9-22/h4-6,8-9,11-14,20,23,25-27,37H,7,10,15-19H2,1-3H3,(H,33,38)(H,34,40)(H,35,39)(H,36,42)/t23-,25-,26-,27-/m0/s1. The average molecular weight is 611 g/mol. The first kappa shape index (κ1) is 33.9. The zero-order valence-corrected chi connectivity index (χ0v) is 25.3. The molecule has 0 spiro atoms. The summed E-state index contributed by atoms with van der Waals surface area (Å²) in [6.45, 7) is 4.31. The summed E-state index contributed by atoms with van der Waals surface area (Å²) in [4.78, 5) is 64.7. The van der Waals surface area contributed by atoms with Gasteiger partial charge in [-0.2, -0.15) is 0 Å². The van der Waals surface area contributed by atoms with Crippen molar-refractivity contribution in [3.8, 4) is 5.75 Å². The van der Waals surface area contributed by atoms with E-state index in [0.29, 0.717) is 18.5 Å². The fourth-order valence-electron chi connectivity index (χ4n) is 4.93. The van der Waals surface area contributed by atoms with Crippen molar-refractivity contribution in [3.63, 3.8) is 0 Å². The molecule has 4 atom stereocenters. The number of alkyl carbamates (subject to hydrolysis) is 1. The van der Waals surface area contributed by atoms with Gasteiger partial charge in [-0.25, -0.2) is 9.59 Å². The van der Waals surface area contributed by atoms with Gasteiger partial charge in [0.15, 0.2) is 0 Å². The molecule has 4 amide bonds. The van der Waals surface area contributed by atoms with Crippen molar-refractivity contribution in [2.45, 2.75) is 70.7 Å². The highest BCUT2D eigenvalue weighted by Gasteiger charge is 2.34. The third-order valence-corrected chi connectivity index (χ3v) is 7.26. The molecule has 0 unspecified atom stereocenters. The Morgan fingerprint density at radius 3 is 2.20 bits per heavy atom. The Labute approximate surface area is 257 Å². The van der Waals surface area contributed by atoms with Crippen molar-refractivity contribution in [2.75, 3.05) is 13.7 Å². The predicted molar refractivity (Wildman–Crippen MR) is 161 cm³/mol. The molecule has 3 rings (SSSR count). The highest BCUT2D eigenvalue weighted by Crippen LogP contribution is 2.19. The summed E-state index contributed by atoms with van der Waals surface area (Å²) >= 11 is 0. The summed E-state index contributed by atoms with van der Waals surface area (Å²) < 4.78 is 10.2. The van der Waals surface area contributed by atoms with Gasteiger partial charge >= 0.3 is 12.1 Å². The van der Waals surface area contributed by atoms with Crippen LogP contribution in [-0.4, -0.2) is 66.7 Å². The van der Waals surface area contributed by atoms with Gasteiger partial charge in [-0.1, -0.05) is 56.3 Å². The van der Waals surface area contributed by atoms with Crippen LogP contribution in [0.3, 0.4) is 0 Å². The second-order valence-electron chi connectivity index (χ2n) is 11.3. The molecule has 5 N–H and O–H groups in total. The second kappa shape index (κ2) is 16.9. The molecule has 2 aromatic rings. The van der Waals surface area contributed by atoms with Gasteiger partial charge in [0.1, 0.15) is 30.5 Å². The van der Waals surface area contributed by atoms with E-state index in [-0.39, 0.29) is 43.4 Å². The fourth-order valence-corrected chi connectivity index (χ4v) is 4.93. The lowest BCUT2D eigenvalue weighted by molar-refractivity contribution is -0.146. The lowest BCUT2D eigenvalue weighted by Crippen LogP contribution is -2.57. The van der Waals surface area contributed by atoms with Crippen LogP contribution in [0, 0.1) is 11.8 Å². The molecule has 0 bridgehead atoms. The quantitative estimate of drug-likeness (QED) is 0.203. The van der Waals surface area contributed by atoms with Gasteiger partial charge in [-0.3, -0.25) is 14.4 Å². The zero-order chi connectivity index (χ0) is 32.1. The summed E-state index contributed by atoms with van der Waals surface area (Å²) in [5, 5.41) is 20.4. The number of benzene rings is 2. The van der Waals surface area contributed by atoms with Crippen LogP contribution in [0.2, 0.25) is 0 Å². The lowest BCUT2D eigenvalue weighted by atomic mass is 9.91. The van der Waals surface area contributed by atoms with E-state index < -0.39 is 47.9 Å². The monoisotopic (exact) mass is 610 g/mol. The van der Waals surface area contributed by atoms with E-state index in [4.69, 9.17) is 9.47 Å². The molecule has 0 aliphatic carbocycles. The maximum absolute atomic E-state index is 13.6. The number of ether oxygens (including phenoxy) is 2. The first-order valence-corrected chi connectivity index (χ1v) is 14.8. The number of hydrogen-bond donors (Lipinski definition) is 5. The van der Waals surface area contributed by atoms with Gasteiger partial charge in [0.05, 0.1) is 7.11 Å². The van der Waals surface area contributed by atoms with E-state index in [1.54, 1.807) is 24.3 Å². The predicted octanol–water partition coefficient (Wildman–Crippen LogP) is 2.33. The molecule has 1 aliphatic rings. The smallest absolute Gasteiger partial charge is 0.408 e. The van der Waals surface area contributed by atoms with Crippen molar-refractivity contribution < 1.29 is 38.6 Å². The number of methoxy groups -OCH3 is 1. The topological polar surface area (TPSA) is 172 Å². The van der Waals surface area contributed by atoms with Crippen LogP contribution < -0.4 is 21.3 Å². The molecule has 0 saturated carbocycles. The number of rotatable bonds is 14. The number of phenolic OH excluding ortho intramolecular Hbond substituents is 1. The van der Waals surface area contributed by atoms with Gasteiger partial charge in [-0.15, -0.1) is 0 Å². The van der Waals surface area contributed by atoms with Crippen LogP contribution in [0.15, 0.2) is 54.6 Å². The minimum atomic E-state index is -1.13. The summed E-state index contributed by atoms with van der Waals surface area (Å²) in [7, 11) is 1.20. The Bertz CT molecular complexity index is 1270. The summed E-state index contributed by atoms with van der Waals surface area (Å²) in [6, 6.07) is 11.9. The number of hydrogen-bond acceptors (Lipinski definition) is 8. The maximum Gasteiger partial charge on any atom is 0.408 e. The Balaban J connectivity index is 1.74. The van der Waals surface area contributed by atoms with Crippen LogP contribution in [0.5, 0.6) is 5.75 Å². The Kier molecular flexibility index (Phi) is 13.0. The number of carbonyl (C=O) groups excluding carboxylic acids is 5. The van der Waals surface area contributed by atoms with Crippen LogP contribution in [0.1, 0.15) is 50.7 Å². The largest absolute Gasteiger partial charge is 0.508 e. The Hall–Kier alpha value is -4.61. The van der Waals surface area contributed by atoms with Crippen LogP contribution in [0.4, 0.5) is 4.79 Å². The average Bonchev–Trinajstić information content (AvgIpc) is 3.01. The molecule has 238 valence electrons. The molecular formula is C32H42N4O8. The first-order chi connectivity index (χ1) is 21.0. The Morgan fingerprint density at radius 2 is 1.57 bits per heavy atom. The molecular weight excluding hydrogens is 568 g/mol. The number of aromatic hydroxyl groups is 1. The molecule has 0 radical (unpaired) electrons. The van der Waals surface area contributed by atoms with E-state index in [1.165, 1.54) is 19.2 Å². The summed E-state index contributed by atoms with van der Waals surface area (Å²) in [6.07, 6.45) is 0.850. The second-order valence-corrected chi connectivity index (χ2v) is 11.3. The SMILES string of the molecule is COC(=O)[C@H](C[C@@H]1CCCNC1=O)NC(=O)[C@H](CC(C)C)NC(=O)[C@H](Cc1ccc(O)cc1)NC(=O)OCc1ccccc1. The van der Waals surface area contributed by atoms with Crippen molar-refractivity contribution in [3.05, 3.63) is 65.7 Å². The molecule has 12 nitrogen and oxygen atoms in total. The normalized spacial score (nSPS) is 16.5. The van der Waals surface area contributed by atoms with Gasteiger partial charge in [0.25, 0.3) is 0 Å². The molecule has 2 aromatic carbocycles. The minimum absolute atomic E-state index is 0.00741. The third-order valence-electron chi connectivity index (χ3n) is 7.26. The molecule has 12 heteroatoms. The van der Waals surface area contributed by atoms with Gasteiger partial charge < -0.3 is 35.8 Å². The fraction of sp³-hybridized carbons (Fsp3) is 0.469. The van der Waals surface area contributed by atoms with E-state index in [0.717, 1.165) is 12.0 Å². The summed E-state index contributed by atoms with van der Waals surface area (Å²) in [5.41, 5.74) is 1.41. The maximum atomic E-state index is 13.6. The third kappa shape index (κ3) is 10.9. The molecule has 1 aliphatic heterocycles. The van der Waals surface area contributed by atoms with E-state index in [9.17, 15) is 29.1 Å². The van der Waals surface area contributed by atoms with E-state index in [1.807, 2.05) is 32.0 Å². The number of piperidine rings is 1. The first-order valence-electron chi connectivity index (χ1n) is 14.8. The number of carbonyl (C=O) groups is 5. The van der Waals surface area contributed by atoms with Crippen molar-refractivity contribution in [1.29, 1.82) is 0 Å². The molecule has 1 saturated heterocycles. The number of nitrogens with one attached hydrogen (secondary N) is 4. The number of phenols is 1. The number of amides is 4. The Morgan fingerprint density at radius 1 is 0.909 bits per heavy atom. The van der Waals surface area contributed by atoms with Crippen LogP contribution in [0.25, 0.3) is 0 Å². The molecule has 44 heavy (non-hydrogen) atoms. The summed E-state index contributed by atoms with van der Waals surface area (Å²) in [5.74, 6) is -2.58. The van der Waals surface area contributed by atoms with E-state index in [2.05, 4.69) is 21.3 Å². The highest BCUT2D eigenvalue weighted by atomic mass is 16.5. The molecule has 1 heterocycles. The van der Waals surface area contributed by atoms with E-state index >= 15 is 0 Å².